The minimum atomic E-state index is -0.259. The Labute approximate surface area is 88.3 Å². The molecule has 0 saturated heterocycles. The summed E-state index contributed by atoms with van der Waals surface area (Å²) in [5, 5.41) is 0. The zero-order valence-electron chi connectivity index (χ0n) is 8.74. The number of hydrogen-bond donors (Lipinski definition) is 0. The molecule has 0 aliphatic heterocycles. The van der Waals surface area contributed by atoms with Crippen LogP contribution in [0.2, 0.25) is 0 Å². The van der Waals surface area contributed by atoms with Gasteiger partial charge in [-0.05, 0) is 29.3 Å². The van der Waals surface area contributed by atoms with Crippen molar-refractivity contribution in [3.63, 3.8) is 0 Å². The minimum Gasteiger partial charge on any atom is -0.497 e. The number of ether oxygens (including phenoxy) is 2. The third kappa shape index (κ3) is 1.73. The van der Waals surface area contributed by atoms with Gasteiger partial charge in [-0.1, -0.05) is 6.07 Å². The Kier molecular flexibility index (Phi) is 2.46. The van der Waals surface area contributed by atoms with Gasteiger partial charge < -0.3 is 9.47 Å². The fourth-order valence-corrected chi connectivity index (χ4v) is 1.71. The van der Waals surface area contributed by atoms with Crippen LogP contribution >= 0.6 is 0 Å². The van der Waals surface area contributed by atoms with Crippen LogP contribution in [0.15, 0.2) is 23.8 Å². The summed E-state index contributed by atoms with van der Waals surface area (Å²) < 4.78 is 9.81. The Morgan fingerprint density at radius 1 is 1.33 bits per heavy atom. The van der Waals surface area contributed by atoms with Gasteiger partial charge in [0.15, 0.2) is 0 Å². The van der Waals surface area contributed by atoms with E-state index >= 15 is 0 Å². The lowest BCUT2D eigenvalue weighted by molar-refractivity contribution is -0.136. The van der Waals surface area contributed by atoms with Crippen LogP contribution in [0.25, 0.3) is 6.08 Å². The lowest BCUT2D eigenvalue weighted by Crippen LogP contribution is -2.03. The van der Waals surface area contributed by atoms with E-state index in [0.717, 1.165) is 16.9 Å². The Bertz CT molecular complexity index is 432. The number of rotatable bonds is 2. The number of benzene rings is 1. The number of hydrogen-bond acceptors (Lipinski definition) is 3. The highest BCUT2D eigenvalue weighted by atomic mass is 16.5. The topological polar surface area (TPSA) is 35.5 Å². The smallest absolute Gasteiger partial charge is 0.334 e. The summed E-state index contributed by atoms with van der Waals surface area (Å²) in [4.78, 5) is 11.3. The second-order valence-corrected chi connectivity index (χ2v) is 3.40. The van der Waals surface area contributed by atoms with Crippen molar-refractivity contribution in [3.8, 4) is 5.75 Å². The Balaban J connectivity index is 2.28. The summed E-state index contributed by atoms with van der Waals surface area (Å²) in [6.07, 6.45) is 2.49. The van der Waals surface area contributed by atoms with Gasteiger partial charge in [-0.2, -0.15) is 0 Å². The van der Waals surface area contributed by atoms with E-state index in [4.69, 9.17) is 4.74 Å². The summed E-state index contributed by atoms with van der Waals surface area (Å²) in [7, 11) is 3.03. The van der Waals surface area contributed by atoms with Crippen LogP contribution in [0.3, 0.4) is 0 Å². The summed E-state index contributed by atoms with van der Waals surface area (Å²) in [6.45, 7) is 0. The van der Waals surface area contributed by atoms with Gasteiger partial charge in [0.1, 0.15) is 5.75 Å². The van der Waals surface area contributed by atoms with Crippen LogP contribution in [0, 0.1) is 0 Å². The van der Waals surface area contributed by atoms with Gasteiger partial charge in [-0.25, -0.2) is 4.79 Å². The standard InChI is InChI=1S/C12H12O3/c1-14-11-4-3-8-5-10(12(13)15-2)6-9(8)7-11/h3-5,7H,6H2,1-2H3. The van der Waals surface area contributed by atoms with E-state index in [1.165, 1.54) is 7.11 Å². The normalized spacial score (nSPS) is 13.1. The van der Waals surface area contributed by atoms with Gasteiger partial charge in [0.2, 0.25) is 0 Å². The monoisotopic (exact) mass is 204 g/mol. The van der Waals surface area contributed by atoms with Crippen molar-refractivity contribution in [2.45, 2.75) is 6.42 Å². The second kappa shape index (κ2) is 3.77. The maximum atomic E-state index is 11.3. The Hall–Kier alpha value is -1.77. The first kappa shape index (κ1) is 9.77. The van der Waals surface area contributed by atoms with E-state index in [0.29, 0.717) is 12.0 Å². The summed E-state index contributed by atoms with van der Waals surface area (Å²) in [5.41, 5.74) is 2.87. The molecule has 1 aliphatic rings. The van der Waals surface area contributed by atoms with E-state index in [9.17, 15) is 4.79 Å². The molecule has 15 heavy (non-hydrogen) atoms. The van der Waals surface area contributed by atoms with Gasteiger partial charge in [0.25, 0.3) is 0 Å². The molecule has 0 heterocycles. The molecule has 3 nitrogen and oxygen atoms in total. The molecule has 0 aromatic heterocycles. The first-order valence-electron chi connectivity index (χ1n) is 4.70. The predicted molar refractivity (Wildman–Crippen MR) is 56.7 cm³/mol. The summed E-state index contributed by atoms with van der Waals surface area (Å²) >= 11 is 0. The number of esters is 1. The van der Waals surface area contributed by atoms with Gasteiger partial charge in [-0.15, -0.1) is 0 Å². The van der Waals surface area contributed by atoms with Crippen molar-refractivity contribution in [2.24, 2.45) is 0 Å². The van der Waals surface area contributed by atoms with Crippen molar-refractivity contribution in [1.29, 1.82) is 0 Å². The number of carbonyl (C=O) groups excluding carboxylic acids is 1. The highest BCUT2D eigenvalue weighted by Gasteiger charge is 2.19. The Morgan fingerprint density at radius 2 is 2.13 bits per heavy atom. The SMILES string of the molecule is COC(=O)C1=Cc2ccc(OC)cc2C1. The number of fused-ring (bicyclic) bond motifs is 1. The fraction of sp³-hybridized carbons (Fsp3) is 0.250. The van der Waals surface area contributed by atoms with Crippen LogP contribution in [-0.2, 0) is 16.0 Å². The average Bonchev–Trinajstić information content (AvgIpc) is 2.70. The van der Waals surface area contributed by atoms with Crippen molar-refractivity contribution in [2.75, 3.05) is 14.2 Å². The first-order chi connectivity index (χ1) is 7.24. The third-order valence-electron chi connectivity index (χ3n) is 2.51. The maximum Gasteiger partial charge on any atom is 0.334 e. The molecule has 0 atom stereocenters. The zero-order chi connectivity index (χ0) is 10.8. The minimum absolute atomic E-state index is 0.259. The fourth-order valence-electron chi connectivity index (χ4n) is 1.71. The molecule has 0 bridgehead atoms. The van der Waals surface area contributed by atoms with Gasteiger partial charge >= 0.3 is 5.97 Å². The van der Waals surface area contributed by atoms with E-state index in [2.05, 4.69) is 4.74 Å². The maximum absolute atomic E-state index is 11.3. The molecule has 0 unspecified atom stereocenters. The third-order valence-corrected chi connectivity index (χ3v) is 2.51. The molecule has 0 spiro atoms. The largest absolute Gasteiger partial charge is 0.497 e. The second-order valence-electron chi connectivity index (χ2n) is 3.40. The van der Waals surface area contributed by atoms with E-state index in [1.807, 2.05) is 24.3 Å². The lowest BCUT2D eigenvalue weighted by Gasteiger charge is -2.02. The number of carbonyl (C=O) groups is 1. The first-order valence-corrected chi connectivity index (χ1v) is 4.70. The van der Waals surface area contributed by atoms with Gasteiger partial charge in [0.05, 0.1) is 14.2 Å². The molecule has 78 valence electrons. The van der Waals surface area contributed by atoms with Crippen LogP contribution < -0.4 is 4.74 Å². The van der Waals surface area contributed by atoms with Crippen molar-refractivity contribution >= 4 is 12.0 Å². The molecular weight excluding hydrogens is 192 g/mol. The van der Waals surface area contributed by atoms with Crippen LogP contribution in [0.1, 0.15) is 11.1 Å². The molecule has 0 N–H and O–H groups in total. The highest BCUT2D eigenvalue weighted by molar-refractivity contribution is 5.96. The molecule has 0 saturated carbocycles. The molecule has 1 aromatic rings. The van der Waals surface area contributed by atoms with E-state index in [-0.39, 0.29) is 5.97 Å². The van der Waals surface area contributed by atoms with Crippen LogP contribution in [0.5, 0.6) is 5.75 Å². The van der Waals surface area contributed by atoms with Crippen molar-refractivity contribution in [3.05, 3.63) is 34.9 Å². The van der Waals surface area contributed by atoms with Crippen LogP contribution in [0.4, 0.5) is 0 Å². The van der Waals surface area contributed by atoms with Crippen molar-refractivity contribution in [1.82, 2.24) is 0 Å². The van der Waals surface area contributed by atoms with Gasteiger partial charge in [0, 0.05) is 12.0 Å². The predicted octanol–water partition coefficient (Wildman–Crippen LogP) is 1.81. The molecule has 1 aromatic carbocycles. The van der Waals surface area contributed by atoms with Gasteiger partial charge in [-0.3, -0.25) is 0 Å². The molecule has 2 rings (SSSR count). The van der Waals surface area contributed by atoms with Crippen LogP contribution in [-0.4, -0.2) is 20.2 Å². The lowest BCUT2D eigenvalue weighted by atomic mass is 10.1. The highest BCUT2D eigenvalue weighted by Crippen LogP contribution is 2.28. The van der Waals surface area contributed by atoms with E-state index < -0.39 is 0 Å². The molecule has 0 radical (unpaired) electrons. The molecule has 3 heteroatoms. The molecule has 1 aliphatic carbocycles. The quantitative estimate of drug-likeness (QED) is 0.689. The average molecular weight is 204 g/mol. The summed E-state index contributed by atoms with van der Waals surface area (Å²) in [6, 6.07) is 5.78. The number of methoxy groups -OCH3 is 2. The molecular formula is C12H12O3. The van der Waals surface area contributed by atoms with E-state index in [1.54, 1.807) is 7.11 Å². The molecule has 0 fully saturated rings. The summed E-state index contributed by atoms with van der Waals surface area (Å²) in [5.74, 6) is 0.554. The van der Waals surface area contributed by atoms with Crippen molar-refractivity contribution < 1.29 is 14.3 Å². The Morgan fingerprint density at radius 3 is 2.80 bits per heavy atom. The molecule has 0 amide bonds. The zero-order valence-corrected chi connectivity index (χ0v) is 8.74.